The molecule has 2 aromatic rings. The SMILES string of the molecule is COc1ccc(C(Cl)c2ccc(Br)c(C)c2)c(Br)c1. The first-order valence-corrected chi connectivity index (χ1v) is 7.78. The van der Waals surface area contributed by atoms with Crippen LogP contribution in [-0.2, 0) is 0 Å². The van der Waals surface area contributed by atoms with Crippen molar-refractivity contribution in [2.45, 2.75) is 12.3 Å². The van der Waals surface area contributed by atoms with Gasteiger partial charge in [0.2, 0.25) is 0 Å². The maximum atomic E-state index is 6.57. The molecule has 0 aliphatic rings. The fourth-order valence-electron chi connectivity index (χ4n) is 1.85. The summed E-state index contributed by atoms with van der Waals surface area (Å²) in [7, 11) is 1.65. The molecule has 0 aromatic heterocycles. The van der Waals surface area contributed by atoms with Gasteiger partial charge >= 0.3 is 0 Å². The van der Waals surface area contributed by atoms with Gasteiger partial charge in [0, 0.05) is 8.95 Å². The van der Waals surface area contributed by atoms with Gasteiger partial charge in [0.25, 0.3) is 0 Å². The number of benzene rings is 2. The number of halogens is 3. The number of alkyl halides is 1. The molecule has 0 spiro atoms. The molecular formula is C15H13Br2ClO. The molecule has 0 aliphatic carbocycles. The quantitative estimate of drug-likeness (QED) is 0.583. The van der Waals surface area contributed by atoms with E-state index in [0.717, 1.165) is 25.8 Å². The Bertz CT molecular complexity index is 599. The zero-order chi connectivity index (χ0) is 14.0. The highest BCUT2D eigenvalue weighted by molar-refractivity contribution is 9.10. The Morgan fingerprint density at radius 2 is 1.79 bits per heavy atom. The maximum Gasteiger partial charge on any atom is 0.120 e. The molecule has 0 fully saturated rings. The molecule has 0 aliphatic heterocycles. The first-order valence-electron chi connectivity index (χ1n) is 5.76. The van der Waals surface area contributed by atoms with Crippen LogP contribution in [0, 0.1) is 6.92 Å². The van der Waals surface area contributed by atoms with E-state index >= 15 is 0 Å². The van der Waals surface area contributed by atoms with E-state index in [1.54, 1.807) is 7.11 Å². The fraction of sp³-hybridized carbons (Fsp3) is 0.200. The average Bonchev–Trinajstić information content (AvgIpc) is 2.41. The van der Waals surface area contributed by atoms with Crippen LogP contribution < -0.4 is 4.74 Å². The standard InChI is InChI=1S/C15H13Br2ClO/c1-9-7-10(3-6-13(9)16)15(18)12-5-4-11(19-2)8-14(12)17/h3-8,15H,1-2H3. The monoisotopic (exact) mass is 402 g/mol. The third-order valence-corrected chi connectivity index (χ3v) is 5.02. The van der Waals surface area contributed by atoms with Crippen molar-refractivity contribution < 1.29 is 4.74 Å². The molecule has 4 heteroatoms. The van der Waals surface area contributed by atoms with Gasteiger partial charge in [0.15, 0.2) is 0 Å². The molecule has 0 radical (unpaired) electrons. The number of methoxy groups -OCH3 is 1. The van der Waals surface area contributed by atoms with Crippen LogP contribution in [0.4, 0.5) is 0 Å². The minimum Gasteiger partial charge on any atom is -0.497 e. The molecule has 0 N–H and O–H groups in total. The molecule has 1 atom stereocenters. The predicted molar refractivity (Wildman–Crippen MR) is 87.3 cm³/mol. The van der Waals surface area contributed by atoms with Crippen LogP contribution in [0.2, 0.25) is 0 Å². The van der Waals surface area contributed by atoms with Gasteiger partial charge in [0.1, 0.15) is 5.75 Å². The van der Waals surface area contributed by atoms with Crippen LogP contribution in [-0.4, -0.2) is 7.11 Å². The topological polar surface area (TPSA) is 9.23 Å². The van der Waals surface area contributed by atoms with E-state index in [2.05, 4.69) is 44.8 Å². The van der Waals surface area contributed by atoms with Gasteiger partial charge in [-0.05, 0) is 41.8 Å². The highest BCUT2D eigenvalue weighted by Crippen LogP contribution is 2.36. The first-order chi connectivity index (χ1) is 9.02. The van der Waals surface area contributed by atoms with Gasteiger partial charge in [-0.2, -0.15) is 0 Å². The van der Waals surface area contributed by atoms with Crippen molar-refractivity contribution in [1.29, 1.82) is 0 Å². The van der Waals surface area contributed by atoms with Crippen LogP contribution in [0.15, 0.2) is 45.3 Å². The van der Waals surface area contributed by atoms with Gasteiger partial charge in [-0.1, -0.05) is 50.1 Å². The van der Waals surface area contributed by atoms with Crippen molar-refractivity contribution in [3.05, 3.63) is 62.0 Å². The molecule has 2 aromatic carbocycles. The summed E-state index contributed by atoms with van der Waals surface area (Å²) >= 11 is 13.6. The number of ether oxygens (including phenoxy) is 1. The van der Waals surface area contributed by atoms with Gasteiger partial charge in [-0.15, -0.1) is 11.6 Å². The molecule has 0 heterocycles. The van der Waals surface area contributed by atoms with Crippen molar-refractivity contribution in [3.8, 4) is 5.75 Å². The van der Waals surface area contributed by atoms with Crippen LogP contribution in [0.3, 0.4) is 0 Å². The Balaban J connectivity index is 2.38. The predicted octanol–water partition coefficient (Wildman–Crippen LogP) is 5.86. The Kier molecular flexibility index (Phi) is 4.93. The smallest absolute Gasteiger partial charge is 0.120 e. The molecule has 2 rings (SSSR count). The molecule has 0 bridgehead atoms. The normalized spacial score (nSPS) is 12.3. The number of aryl methyl sites for hydroxylation is 1. The Hall–Kier alpha value is -0.510. The third kappa shape index (κ3) is 3.33. The third-order valence-electron chi connectivity index (χ3n) is 2.96. The highest BCUT2D eigenvalue weighted by Gasteiger charge is 2.15. The number of hydrogen-bond acceptors (Lipinski definition) is 1. The largest absolute Gasteiger partial charge is 0.497 e. The van der Waals surface area contributed by atoms with Gasteiger partial charge in [0.05, 0.1) is 12.5 Å². The second-order valence-corrected chi connectivity index (χ2v) is 6.40. The maximum absolute atomic E-state index is 6.57. The van der Waals surface area contributed by atoms with E-state index in [1.165, 1.54) is 5.56 Å². The van der Waals surface area contributed by atoms with Crippen molar-refractivity contribution in [1.82, 2.24) is 0 Å². The number of rotatable bonds is 3. The van der Waals surface area contributed by atoms with Crippen molar-refractivity contribution >= 4 is 43.5 Å². The molecule has 0 amide bonds. The Labute approximate surface area is 135 Å². The summed E-state index contributed by atoms with van der Waals surface area (Å²) in [6, 6.07) is 12.0. The lowest BCUT2D eigenvalue weighted by atomic mass is 10.0. The molecule has 0 saturated heterocycles. The Morgan fingerprint density at radius 3 is 2.37 bits per heavy atom. The lowest BCUT2D eigenvalue weighted by Gasteiger charge is -2.14. The van der Waals surface area contributed by atoms with Crippen LogP contribution in [0.1, 0.15) is 22.1 Å². The highest BCUT2D eigenvalue weighted by atomic mass is 79.9. The lowest BCUT2D eigenvalue weighted by molar-refractivity contribution is 0.414. The molecule has 1 nitrogen and oxygen atoms in total. The zero-order valence-electron chi connectivity index (χ0n) is 10.6. The summed E-state index contributed by atoms with van der Waals surface area (Å²) in [4.78, 5) is 0. The van der Waals surface area contributed by atoms with E-state index < -0.39 is 0 Å². The average molecular weight is 405 g/mol. The van der Waals surface area contributed by atoms with E-state index in [0.29, 0.717) is 0 Å². The molecule has 19 heavy (non-hydrogen) atoms. The van der Waals surface area contributed by atoms with Crippen LogP contribution in [0.25, 0.3) is 0 Å². The van der Waals surface area contributed by atoms with E-state index in [9.17, 15) is 0 Å². The van der Waals surface area contributed by atoms with E-state index in [4.69, 9.17) is 16.3 Å². The zero-order valence-corrected chi connectivity index (χ0v) is 14.5. The summed E-state index contributed by atoms with van der Waals surface area (Å²) < 4.78 is 7.23. The summed E-state index contributed by atoms with van der Waals surface area (Å²) in [5.41, 5.74) is 3.28. The number of hydrogen-bond donors (Lipinski definition) is 0. The van der Waals surface area contributed by atoms with Gasteiger partial charge in [-0.3, -0.25) is 0 Å². The first kappa shape index (κ1) is 14.9. The summed E-state index contributed by atoms with van der Waals surface area (Å²) in [5, 5.41) is -0.188. The van der Waals surface area contributed by atoms with E-state index in [-0.39, 0.29) is 5.38 Å². The van der Waals surface area contributed by atoms with Gasteiger partial charge < -0.3 is 4.74 Å². The molecule has 0 saturated carbocycles. The summed E-state index contributed by atoms with van der Waals surface area (Å²) in [6.07, 6.45) is 0. The van der Waals surface area contributed by atoms with Crippen molar-refractivity contribution in [2.24, 2.45) is 0 Å². The minimum atomic E-state index is -0.188. The molecular weight excluding hydrogens is 391 g/mol. The second-order valence-electron chi connectivity index (χ2n) is 4.26. The molecule has 100 valence electrons. The van der Waals surface area contributed by atoms with Gasteiger partial charge in [-0.25, -0.2) is 0 Å². The summed E-state index contributed by atoms with van der Waals surface area (Å²) in [5.74, 6) is 0.812. The van der Waals surface area contributed by atoms with Crippen molar-refractivity contribution in [2.75, 3.05) is 7.11 Å². The fourth-order valence-corrected chi connectivity index (χ4v) is 3.14. The Morgan fingerprint density at radius 1 is 1.05 bits per heavy atom. The van der Waals surface area contributed by atoms with E-state index in [1.807, 2.05) is 30.3 Å². The second kappa shape index (κ2) is 6.29. The van der Waals surface area contributed by atoms with Crippen LogP contribution in [0.5, 0.6) is 5.75 Å². The minimum absolute atomic E-state index is 0.188. The molecule has 1 unspecified atom stereocenters. The lowest BCUT2D eigenvalue weighted by Crippen LogP contribution is -1.96. The van der Waals surface area contributed by atoms with Crippen LogP contribution >= 0.6 is 43.5 Å². The summed E-state index contributed by atoms with van der Waals surface area (Å²) in [6.45, 7) is 2.06. The van der Waals surface area contributed by atoms with Crippen molar-refractivity contribution in [3.63, 3.8) is 0 Å².